The molecule has 0 rings (SSSR count). The Hall–Kier alpha value is -0.850. The number of hydrogen-bond acceptors (Lipinski definition) is 4. The summed E-state index contributed by atoms with van der Waals surface area (Å²) < 4.78 is 4.97. The lowest BCUT2D eigenvalue weighted by molar-refractivity contribution is 0.197. The molecule has 0 spiro atoms. The van der Waals surface area contributed by atoms with Crippen LogP contribution in [0.25, 0.3) is 0 Å². The Morgan fingerprint density at radius 1 is 1.24 bits per heavy atom. The van der Waals surface area contributed by atoms with Crippen molar-refractivity contribution in [2.45, 2.75) is 12.8 Å². The van der Waals surface area contributed by atoms with Crippen LogP contribution < -0.4 is 11.3 Å². The Labute approximate surface area is 105 Å². The summed E-state index contributed by atoms with van der Waals surface area (Å²) in [4.78, 5) is 8.59. The fourth-order valence-electron chi connectivity index (χ4n) is 1.40. The molecule has 0 aliphatic carbocycles. The third-order valence-corrected chi connectivity index (χ3v) is 2.36. The van der Waals surface area contributed by atoms with Crippen molar-refractivity contribution in [1.29, 1.82) is 0 Å². The van der Waals surface area contributed by atoms with E-state index in [0.717, 1.165) is 45.0 Å². The van der Waals surface area contributed by atoms with Crippen LogP contribution in [0.1, 0.15) is 12.8 Å². The molecule has 0 heterocycles. The van der Waals surface area contributed by atoms with Crippen LogP contribution >= 0.6 is 0 Å². The van der Waals surface area contributed by atoms with Crippen LogP contribution in [-0.2, 0) is 4.74 Å². The van der Waals surface area contributed by atoms with E-state index >= 15 is 0 Å². The van der Waals surface area contributed by atoms with Gasteiger partial charge in [-0.2, -0.15) is 0 Å². The molecule has 3 N–H and O–H groups in total. The highest BCUT2D eigenvalue weighted by molar-refractivity contribution is 5.79. The van der Waals surface area contributed by atoms with E-state index in [0.29, 0.717) is 0 Å². The molecule has 102 valence electrons. The first-order chi connectivity index (χ1) is 8.11. The van der Waals surface area contributed by atoms with Gasteiger partial charge in [0.2, 0.25) is 5.96 Å². The molecule has 17 heavy (non-hydrogen) atoms. The number of rotatable bonds is 8. The molecule has 0 saturated carbocycles. The van der Waals surface area contributed by atoms with Crippen LogP contribution in [0.2, 0.25) is 0 Å². The minimum atomic E-state index is 0.728. The van der Waals surface area contributed by atoms with Crippen LogP contribution in [0.3, 0.4) is 0 Å². The zero-order valence-electron chi connectivity index (χ0n) is 11.6. The quantitative estimate of drug-likeness (QED) is 0.202. The van der Waals surface area contributed by atoms with Gasteiger partial charge in [-0.25, -0.2) is 5.84 Å². The van der Waals surface area contributed by atoms with Crippen molar-refractivity contribution >= 4 is 5.96 Å². The van der Waals surface area contributed by atoms with Crippen molar-refractivity contribution in [1.82, 2.24) is 15.2 Å². The van der Waals surface area contributed by atoms with Crippen molar-refractivity contribution < 1.29 is 4.74 Å². The van der Waals surface area contributed by atoms with Crippen LogP contribution in [0.15, 0.2) is 4.99 Å². The lowest BCUT2D eigenvalue weighted by atomic mass is 10.4. The van der Waals surface area contributed by atoms with Gasteiger partial charge in [0.05, 0.1) is 0 Å². The number of nitrogens with one attached hydrogen (secondary N) is 1. The maximum atomic E-state index is 5.46. The maximum Gasteiger partial charge on any atom is 0.208 e. The molecule has 0 unspecified atom stereocenters. The number of hydrogen-bond donors (Lipinski definition) is 2. The molecular weight excluding hydrogens is 218 g/mol. The second-order valence-electron chi connectivity index (χ2n) is 4.27. The zero-order chi connectivity index (χ0) is 13.1. The first-order valence-electron chi connectivity index (χ1n) is 5.97. The molecule has 0 bridgehead atoms. The summed E-state index contributed by atoms with van der Waals surface area (Å²) in [5.74, 6) is 6.19. The van der Waals surface area contributed by atoms with Gasteiger partial charge in [-0.1, -0.05) is 0 Å². The monoisotopic (exact) mass is 245 g/mol. The van der Waals surface area contributed by atoms with E-state index in [1.807, 2.05) is 11.9 Å². The molecule has 0 aromatic rings. The molecule has 0 aromatic carbocycles. The number of guanidine groups is 1. The number of ether oxygens (including phenoxy) is 1. The molecule has 6 nitrogen and oxygen atoms in total. The van der Waals surface area contributed by atoms with Gasteiger partial charge in [0.1, 0.15) is 0 Å². The minimum Gasteiger partial charge on any atom is -0.385 e. The van der Waals surface area contributed by atoms with Gasteiger partial charge in [-0.3, -0.25) is 10.4 Å². The number of methoxy groups -OCH3 is 1. The van der Waals surface area contributed by atoms with E-state index in [-0.39, 0.29) is 0 Å². The third-order valence-electron chi connectivity index (χ3n) is 2.36. The first-order valence-corrected chi connectivity index (χ1v) is 5.97. The Kier molecular flexibility index (Phi) is 9.80. The van der Waals surface area contributed by atoms with E-state index in [9.17, 15) is 0 Å². The van der Waals surface area contributed by atoms with Gasteiger partial charge in [0, 0.05) is 33.9 Å². The van der Waals surface area contributed by atoms with Crippen LogP contribution in [0.5, 0.6) is 0 Å². The summed E-state index contributed by atoms with van der Waals surface area (Å²) in [5, 5.41) is 0. The summed E-state index contributed by atoms with van der Waals surface area (Å²) in [5.41, 5.74) is 2.64. The normalized spacial score (nSPS) is 12.0. The molecule has 0 aromatic heterocycles. The largest absolute Gasteiger partial charge is 0.385 e. The highest BCUT2D eigenvalue weighted by Gasteiger charge is 2.04. The highest BCUT2D eigenvalue weighted by atomic mass is 16.5. The Morgan fingerprint density at radius 2 is 1.94 bits per heavy atom. The second kappa shape index (κ2) is 10.3. The summed E-state index contributed by atoms with van der Waals surface area (Å²) >= 11 is 0. The van der Waals surface area contributed by atoms with Gasteiger partial charge < -0.3 is 14.5 Å². The van der Waals surface area contributed by atoms with Crippen LogP contribution in [0.4, 0.5) is 0 Å². The van der Waals surface area contributed by atoms with Gasteiger partial charge in [-0.05, 0) is 33.5 Å². The van der Waals surface area contributed by atoms with Gasteiger partial charge in [0.15, 0.2) is 0 Å². The number of nitrogens with zero attached hydrogens (tertiary/aromatic N) is 3. The van der Waals surface area contributed by atoms with Gasteiger partial charge >= 0.3 is 0 Å². The molecule has 0 aliphatic heterocycles. The van der Waals surface area contributed by atoms with Crippen molar-refractivity contribution in [2.75, 3.05) is 54.5 Å². The SMILES string of the molecule is COCCCN=C(NN)N(C)CCCN(C)C. The van der Waals surface area contributed by atoms with Crippen LogP contribution in [-0.4, -0.2) is 70.3 Å². The standard InChI is InChI=1S/C11H27N5O/c1-15(2)8-6-9-16(3)11(14-12)13-7-5-10-17-4/h5-10,12H2,1-4H3,(H,13,14). The Morgan fingerprint density at radius 3 is 2.47 bits per heavy atom. The third kappa shape index (κ3) is 8.91. The summed E-state index contributed by atoms with van der Waals surface area (Å²) in [7, 11) is 7.83. The lowest BCUT2D eigenvalue weighted by Crippen LogP contribution is -2.43. The molecule has 0 amide bonds. The molecule has 0 atom stereocenters. The number of aliphatic imine (C=N–C) groups is 1. The van der Waals surface area contributed by atoms with Gasteiger partial charge in [0.25, 0.3) is 0 Å². The molecule has 0 fully saturated rings. The molecule has 0 aliphatic rings. The van der Waals surface area contributed by atoms with Crippen molar-refractivity contribution in [3.05, 3.63) is 0 Å². The minimum absolute atomic E-state index is 0.728. The average molecular weight is 245 g/mol. The van der Waals surface area contributed by atoms with Crippen molar-refractivity contribution in [3.63, 3.8) is 0 Å². The predicted molar refractivity (Wildman–Crippen MR) is 71.9 cm³/mol. The van der Waals surface area contributed by atoms with E-state index in [4.69, 9.17) is 10.6 Å². The highest BCUT2D eigenvalue weighted by Crippen LogP contribution is 1.92. The molecule has 6 heteroatoms. The first kappa shape index (κ1) is 16.1. The summed E-state index contributed by atoms with van der Waals surface area (Å²) in [6.45, 7) is 3.45. The van der Waals surface area contributed by atoms with Crippen molar-refractivity contribution in [3.8, 4) is 0 Å². The predicted octanol–water partition coefficient (Wildman–Crippen LogP) is -0.274. The molecular formula is C11H27N5O. The number of nitrogens with two attached hydrogens (primary N) is 1. The van der Waals surface area contributed by atoms with Crippen LogP contribution in [0, 0.1) is 0 Å². The Bertz CT molecular complexity index is 208. The van der Waals surface area contributed by atoms with E-state index in [1.165, 1.54) is 0 Å². The topological polar surface area (TPSA) is 66.1 Å². The smallest absolute Gasteiger partial charge is 0.208 e. The second-order valence-corrected chi connectivity index (χ2v) is 4.27. The summed E-state index contributed by atoms with van der Waals surface area (Å²) in [6.07, 6.45) is 2.00. The fraction of sp³-hybridized carbons (Fsp3) is 0.909. The van der Waals surface area contributed by atoms with E-state index in [2.05, 4.69) is 29.4 Å². The number of hydrazine groups is 1. The lowest BCUT2D eigenvalue weighted by Gasteiger charge is -2.21. The molecule has 0 saturated heterocycles. The zero-order valence-corrected chi connectivity index (χ0v) is 11.6. The van der Waals surface area contributed by atoms with Crippen molar-refractivity contribution in [2.24, 2.45) is 10.8 Å². The van der Waals surface area contributed by atoms with Gasteiger partial charge in [-0.15, -0.1) is 0 Å². The maximum absolute atomic E-state index is 5.46. The summed E-state index contributed by atoms with van der Waals surface area (Å²) in [6, 6.07) is 0. The van der Waals surface area contributed by atoms with E-state index in [1.54, 1.807) is 7.11 Å². The molecule has 0 radical (unpaired) electrons. The Balaban J connectivity index is 3.89. The fourth-order valence-corrected chi connectivity index (χ4v) is 1.40. The average Bonchev–Trinajstić information content (AvgIpc) is 2.28. The van der Waals surface area contributed by atoms with E-state index < -0.39 is 0 Å².